The lowest BCUT2D eigenvalue weighted by Gasteiger charge is -2.07. The lowest BCUT2D eigenvalue weighted by molar-refractivity contribution is -0.383. The number of pyridine rings is 1. The Bertz CT molecular complexity index is 798. The number of fused-ring (bicyclic) bond motifs is 1. The molecule has 0 amide bonds. The summed E-state index contributed by atoms with van der Waals surface area (Å²) in [6, 6.07) is 13.4. The van der Waals surface area contributed by atoms with Crippen LogP contribution in [-0.2, 0) is 0 Å². The number of non-ortho nitro benzene ring substituents is 1. The van der Waals surface area contributed by atoms with Crippen molar-refractivity contribution in [2.45, 2.75) is 0 Å². The van der Waals surface area contributed by atoms with Gasteiger partial charge in [-0.25, -0.2) is 4.98 Å². The monoisotopic (exact) mass is 266 g/mol. The number of nitro benzene ring substituents is 1. The number of nitrogens with zero attached hydrogens (tertiary/aromatic N) is 2. The van der Waals surface area contributed by atoms with Crippen molar-refractivity contribution in [2.75, 3.05) is 0 Å². The molecule has 0 spiro atoms. The van der Waals surface area contributed by atoms with Gasteiger partial charge >= 0.3 is 0 Å². The maximum Gasteiger partial charge on any atom is 0.295 e. The van der Waals surface area contributed by atoms with Crippen LogP contribution in [0.2, 0.25) is 0 Å². The molecule has 0 unspecified atom stereocenters. The van der Waals surface area contributed by atoms with E-state index in [0.29, 0.717) is 10.9 Å². The molecular formula is C15H10N2O3. The van der Waals surface area contributed by atoms with E-state index in [2.05, 4.69) is 4.98 Å². The van der Waals surface area contributed by atoms with Crippen LogP contribution < -0.4 is 0 Å². The van der Waals surface area contributed by atoms with Crippen molar-refractivity contribution in [3.63, 3.8) is 0 Å². The summed E-state index contributed by atoms with van der Waals surface area (Å²) in [5.41, 5.74) is 2.07. The summed E-state index contributed by atoms with van der Waals surface area (Å²) in [5, 5.41) is 21.1. The first kappa shape index (κ1) is 12.1. The molecule has 5 nitrogen and oxygen atoms in total. The van der Waals surface area contributed by atoms with E-state index in [4.69, 9.17) is 0 Å². The molecule has 20 heavy (non-hydrogen) atoms. The van der Waals surface area contributed by atoms with Gasteiger partial charge in [0.1, 0.15) is 11.3 Å². The van der Waals surface area contributed by atoms with Crippen LogP contribution in [0.25, 0.3) is 22.0 Å². The van der Waals surface area contributed by atoms with E-state index in [1.807, 2.05) is 0 Å². The van der Waals surface area contributed by atoms with E-state index in [1.54, 1.807) is 42.5 Å². The highest BCUT2D eigenvalue weighted by Gasteiger charge is 2.15. The van der Waals surface area contributed by atoms with Crippen molar-refractivity contribution in [3.8, 4) is 16.9 Å². The molecule has 0 saturated carbocycles. The van der Waals surface area contributed by atoms with E-state index >= 15 is 0 Å². The predicted molar refractivity (Wildman–Crippen MR) is 75.5 cm³/mol. The molecule has 1 N–H and O–H groups in total. The number of aromatic nitrogens is 1. The highest BCUT2D eigenvalue weighted by atomic mass is 16.6. The number of nitro groups is 1. The van der Waals surface area contributed by atoms with Gasteiger partial charge in [0.05, 0.1) is 4.92 Å². The predicted octanol–water partition coefficient (Wildman–Crippen LogP) is 3.52. The van der Waals surface area contributed by atoms with E-state index in [-0.39, 0.29) is 11.4 Å². The fourth-order valence-corrected chi connectivity index (χ4v) is 2.20. The van der Waals surface area contributed by atoms with Crippen LogP contribution in [0.1, 0.15) is 0 Å². The molecular weight excluding hydrogens is 256 g/mol. The Morgan fingerprint density at radius 1 is 1.05 bits per heavy atom. The Morgan fingerprint density at radius 2 is 1.80 bits per heavy atom. The van der Waals surface area contributed by atoms with Gasteiger partial charge in [-0.1, -0.05) is 18.2 Å². The number of hydrogen-bond donors (Lipinski definition) is 1. The van der Waals surface area contributed by atoms with Crippen LogP contribution in [-0.4, -0.2) is 15.0 Å². The number of phenols is 1. The van der Waals surface area contributed by atoms with E-state index in [0.717, 1.165) is 11.1 Å². The van der Waals surface area contributed by atoms with Gasteiger partial charge in [0.25, 0.3) is 5.69 Å². The topological polar surface area (TPSA) is 76.3 Å². The van der Waals surface area contributed by atoms with Crippen molar-refractivity contribution >= 4 is 16.6 Å². The third kappa shape index (κ3) is 1.95. The van der Waals surface area contributed by atoms with E-state index in [1.165, 1.54) is 12.3 Å². The zero-order chi connectivity index (χ0) is 14.1. The molecule has 0 radical (unpaired) electrons. The highest BCUT2D eigenvalue weighted by molar-refractivity contribution is 5.99. The zero-order valence-corrected chi connectivity index (χ0v) is 10.4. The first-order chi connectivity index (χ1) is 9.66. The molecule has 0 bridgehead atoms. The van der Waals surface area contributed by atoms with Crippen LogP contribution in [0.4, 0.5) is 5.69 Å². The number of phenolic OH excluding ortho intramolecular Hbond substituents is 1. The minimum absolute atomic E-state index is 0.0110. The number of hydrogen-bond acceptors (Lipinski definition) is 4. The Balaban J connectivity index is 2.30. The quantitative estimate of drug-likeness (QED) is 0.568. The summed E-state index contributed by atoms with van der Waals surface area (Å²) in [5.74, 6) is 0.179. The van der Waals surface area contributed by atoms with Crippen LogP contribution in [0, 0.1) is 10.1 Å². The van der Waals surface area contributed by atoms with Gasteiger partial charge in [0, 0.05) is 17.6 Å². The molecule has 5 heteroatoms. The summed E-state index contributed by atoms with van der Waals surface area (Å²) in [6.45, 7) is 0. The Hall–Kier alpha value is -2.95. The maximum atomic E-state index is 11.0. The number of benzene rings is 2. The van der Waals surface area contributed by atoms with E-state index < -0.39 is 4.92 Å². The molecule has 0 atom stereocenters. The van der Waals surface area contributed by atoms with Crippen LogP contribution in [0.3, 0.4) is 0 Å². The molecule has 2 aromatic carbocycles. The van der Waals surface area contributed by atoms with Gasteiger partial charge in [-0.05, 0) is 35.4 Å². The summed E-state index contributed by atoms with van der Waals surface area (Å²) < 4.78 is 0. The third-order valence-electron chi connectivity index (χ3n) is 3.12. The van der Waals surface area contributed by atoms with Crippen molar-refractivity contribution < 1.29 is 10.0 Å². The summed E-state index contributed by atoms with van der Waals surface area (Å²) in [7, 11) is 0. The zero-order valence-electron chi connectivity index (χ0n) is 10.4. The number of aromatic hydroxyl groups is 1. The largest absolute Gasteiger partial charge is 0.508 e. The van der Waals surface area contributed by atoms with Crippen LogP contribution in [0.5, 0.6) is 5.75 Å². The minimum Gasteiger partial charge on any atom is -0.508 e. The average Bonchev–Trinajstić information content (AvgIpc) is 2.47. The van der Waals surface area contributed by atoms with Gasteiger partial charge in [0.15, 0.2) is 0 Å². The van der Waals surface area contributed by atoms with Gasteiger partial charge in [0.2, 0.25) is 0 Å². The molecule has 0 aliphatic heterocycles. The standard InChI is InChI=1S/C15H10N2O3/c18-11-5-3-10(4-6-11)12-7-8-14(17(19)20)15-13(12)2-1-9-16-15/h1-9,18H. The molecule has 3 rings (SSSR count). The van der Waals surface area contributed by atoms with Gasteiger partial charge in [-0.15, -0.1) is 0 Å². The Kier molecular flexibility index (Phi) is 2.80. The summed E-state index contributed by atoms with van der Waals surface area (Å²) >= 11 is 0. The van der Waals surface area contributed by atoms with Crippen molar-refractivity contribution in [1.82, 2.24) is 4.98 Å². The number of rotatable bonds is 2. The lowest BCUT2D eigenvalue weighted by atomic mass is 10.00. The lowest BCUT2D eigenvalue weighted by Crippen LogP contribution is -1.92. The van der Waals surface area contributed by atoms with Crippen molar-refractivity contribution in [2.24, 2.45) is 0 Å². The minimum atomic E-state index is -0.435. The second-order valence-corrected chi connectivity index (χ2v) is 4.34. The SMILES string of the molecule is O=[N+]([O-])c1ccc(-c2ccc(O)cc2)c2cccnc12. The molecule has 0 saturated heterocycles. The average molecular weight is 266 g/mol. The highest BCUT2D eigenvalue weighted by Crippen LogP contribution is 2.33. The first-order valence-corrected chi connectivity index (χ1v) is 5.98. The smallest absolute Gasteiger partial charge is 0.295 e. The van der Waals surface area contributed by atoms with Crippen LogP contribution >= 0.6 is 0 Å². The van der Waals surface area contributed by atoms with Gasteiger partial charge in [-0.3, -0.25) is 10.1 Å². The fraction of sp³-hybridized carbons (Fsp3) is 0. The second kappa shape index (κ2) is 4.62. The summed E-state index contributed by atoms with van der Waals surface area (Å²) in [4.78, 5) is 14.7. The van der Waals surface area contributed by atoms with E-state index in [9.17, 15) is 15.2 Å². The maximum absolute atomic E-state index is 11.0. The van der Waals surface area contributed by atoms with Gasteiger partial charge in [-0.2, -0.15) is 0 Å². The van der Waals surface area contributed by atoms with Crippen molar-refractivity contribution in [3.05, 3.63) is 64.8 Å². The molecule has 0 aliphatic rings. The molecule has 1 aromatic heterocycles. The molecule has 0 fully saturated rings. The normalized spacial score (nSPS) is 10.6. The Morgan fingerprint density at radius 3 is 2.50 bits per heavy atom. The Labute approximate surface area is 114 Å². The first-order valence-electron chi connectivity index (χ1n) is 5.98. The van der Waals surface area contributed by atoms with Crippen LogP contribution in [0.15, 0.2) is 54.7 Å². The molecule has 98 valence electrons. The summed E-state index contributed by atoms with van der Waals surface area (Å²) in [6.07, 6.45) is 1.54. The van der Waals surface area contributed by atoms with Gasteiger partial charge < -0.3 is 5.11 Å². The molecule has 1 heterocycles. The second-order valence-electron chi connectivity index (χ2n) is 4.34. The fourth-order valence-electron chi connectivity index (χ4n) is 2.20. The van der Waals surface area contributed by atoms with Crippen molar-refractivity contribution in [1.29, 1.82) is 0 Å². The molecule has 0 aliphatic carbocycles. The third-order valence-corrected chi connectivity index (χ3v) is 3.12. The molecule has 3 aromatic rings.